The largest absolute Gasteiger partial charge is 0.510 e. The van der Waals surface area contributed by atoms with Gasteiger partial charge in [0, 0.05) is 24.6 Å². The van der Waals surface area contributed by atoms with Crippen LogP contribution in [0.5, 0.6) is 5.75 Å². The minimum absolute atomic E-state index is 0.00444. The molecule has 5 rings (SSSR count). The molecule has 10 nitrogen and oxygen atoms in total. The number of aliphatic hydroxyl groups excluding tert-OH is 2. The van der Waals surface area contributed by atoms with Gasteiger partial charge in [-0.2, -0.15) is 13.2 Å². The second-order valence-electron chi connectivity index (χ2n) is 12.9. The second-order valence-corrected chi connectivity index (χ2v) is 12.9. The molecule has 0 bridgehead atoms. The van der Waals surface area contributed by atoms with Gasteiger partial charge in [-0.1, -0.05) is 13.8 Å². The van der Waals surface area contributed by atoms with Crippen LogP contribution in [-0.4, -0.2) is 86.5 Å². The fraction of sp³-hybridized carbons (Fsp3) is 0.581. The number of nitrogens with zero attached hydrogens (tertiary/aromatic N) is 2. The monoisotopic (exact) mass is 621 g/mol. The number of fused-ring (bicyclic) bond motifs is 3. The van der Waals surface area contributed by atoms with Gasteiger partial charge in [0.15, 0.2) is 11.4 Å². The molecule has 240 valence electrons. The molecule has 1 heterocycles. The van der Waals surface area contributed by atoms with Crippen molar-refractivity contribution in [1.82, 2.24) is 9.80 Å². The zero-order chi connectivity index (χ0) is 32.7. The van der Waals surface area contributed by atoms with Crippen molar-refractivity contribution in [2.75, 3.05) is 27.2 Å². The number of carbonyl (C=O) groups is 3. The molecule has 13 heteroatoms. The lowest BCUT2D eigenvalue weighted by Crippen LogP contribution is -2.63. The number of primary amides is 1. The third-order valence-electron chi connectivity index (χ3n) is 10.5. The van der Waals surface area contributed by atoms with E-state index in [0.29, 0.717) is 13.1 Å². The quantitative estimate of drug-likeness (QED) is 0.300. The number of ketones is 2. The first-order valence-electron chi connectivity index (χ1n) is 14.8. The zero-order valence-electron chi connectivity index (χ0n) is 25.1. The lowest BCUT2D eigenvalue weighted by atomic mass is 9.58. The van der Waals surface area contributed by atoms with Gasteiger partial charge in [0.2, 0.25) is 5.78 Å². The van der Waals surface area contributed by atoms with Crippen LogP contribution in [0.4, 0.5) is 13.2 Å². The van der Waals surface area contributed by atoms with Crippen LogP contribution in [0.15, 0.2) is 28.7 Å². The highest BCUT2D eigenvalue weighted by Crippen LogP contribution is 2.54. The van der Waals surface area contributed by atoms with Crippen molar-refractivity contribution in [1.29, 1.82) is 0 Å². The van der Waals surface area contributed by atoms with E-state index in [2.05, 4.69) is 13.8 Å². The molecule has 3 aliphatic carbocycles. The first kappa shape index (κ1) is 32.0. The van der Waals surface area contributed by atoms with Gasteiger partial charge in [-0.15, -0.1) is 0 Å². The van der Waals surface area contributed by atoms with Crippen LogP contribution in [0.3, 0.4) is 0 Å². The van der Waals surface area contributed by atoms with E-state index < -0.39 is 98.7 Å². The van der Waals surface area contributed by atoms with Crippen molar-refractivity contribution >= 4 is 17.5 Å². The van der Waals surface area contributed by atoms with Crippen molar-refractivity contribution in [3.8, 4) is 5.75 Å². The molecule has 1 amide bonds. The van der Waals surface area contributed by atoms with Gasteiger partial charge >= 0.3 is 6.18 Å². The molecule has 1 saturated heterocycles. The van der Waals surface area contributed by atoms with E-state index in [-0.39, 0.29) is 23.9 Å². The molecule has 1 aromatic rings. The third kappa shape index (κ3) is 4.54. The Balaban J connectivity index is 1.65. The van der Waals surface area contributed by atoms with E-state index in [9.17, 15) is 48.0 Å². The molecule has 4 atom stereocenters. The normalized spacial score (nSPS) is 28.8. The summed E-state index contributed by atoms with van der Waals surface area (Å²) < 4.78 is 44.5. The molecule has 6 N–H and O–H groups in total. The maximum absolute atomic E-state index is 14.8. The van der Waals surface area contributed by atoms with Crippen molar-refractivity contribution in [2.45, 2.75) is 70.3 Å². The standard InChI is InChI=1S/C31H38F3N3O7/c1-5-29(6-2)7-8-37(13-29)12-15-11-18(38)20-16(22(15)31(32,33)34)9-14-10-17-23(36(3)4)25(40)21(28(35)43)27(42)30(17,44)26(41)19(14)24(20)39/h11,14,17,23,38,40-41,44H,5-10,12-13H2,1-4H3,(H2,35,43)/t14-,17-,23-,30-/m0/s1. The lowest BCUT2D eigenvalue weighted by Gasteiger charge is -2.50. The smallest absolute Gasteiger partial charge is 0.417 e. The molecule has 0 saturated carbocycles. The van der Waals surface area contributed by atoms with Gasteiger partial charge in [0.1, 0.15) is 22.8 Å². The van der Waals surface area contributed by atoms with Crippen LogP contribution in [0, 0.1) is 17.3 Å². The van der Waals surface area contributed by atoms with E-state index in [4.69, 9.17) is 5.73 Å². The minimum Gasteiger partial charge on any atom is -0.510 e. The predicted molar refractivity (Wildman–Crippen MR) is 152 cm³/mol. The maximum Gasteiger partial charge on any atom is 0.417 e. The molecule has 0 radical (unpaired) electrons. The molecular weight excluding hydrogens is 583 g/mol. The van der Waals surface area contributed by atoms with E-state index in [0.717, 1.165) is 25.3 Å². The van der Waals surface area contributed by atoms with Gasteiger partial charge in [-0.3, -0.25) is 24.2 Å². The summed E-state index contributed by atoms with van der Waals surface area (Å²) in [4.78, 5) is 42.7. The number of phenolic OH excluding ortho intramolecular Hbond substituents is 1. The number of aromatic hydroxyl groups is 1. The highest BCUT2D eigenvalue weighted by atomic mass is 19.4. The predicted octanol–water partition coefficient (Wildman–Crippen LogP) is 3.15. The number of amides is 1. The van der Waals surface area contributed by atoms with Gasteiger partial charge < -0.3 is 26.2 Å². The third-order valence-corrected chi connectivity index (χ3v) is 10.5. The summed E-state index contributed by atoms with van der Waals surface area (Å²) >= 11 is 0. The maximum atomic E-state index is 14.8. The summed E-state index contributed by atoms with van der Waals surface area (Å²) in [5.41, 5.74) is -1.26. The highest BCUT2D eigenvalue weighted by Gasteiger charge is 2.63. The first-order valence-corrected chi connectivity index (χ1v) is 14.8. The number of hydrogen-bond donors (Lipinski definition) is 5. The molecule has 0 spiro atoms. The number of likely N-dealkylation sites (N-methyl/N-ethyl adjacent to an activating group) is 1. The Morgan fingerprint density at radius 2 is 1.80 bits per heavy atom. The Kier molecular flexibility index (Phi) is 7.70. The van der Waals surface area contributed by atoms with Crippen LogP contribution in [0.2, 0.25) is 0 Å². The van der Waals surface area contributed by atoms with E-state index in [1.165, 1.54) is 19.0 Å². The van der Waals surface area contributed by atoms with Gasteiger partial charge in [0.25, 0.3) is 5.91 Å². The van der Waals surface area contributed by atoms with E-state index in [1.807, 2.05) is 4.90 Å². The number of Topliss-reactive ketones (excluding diaryl/α,β-unsaturated/α-hetero) is 2. The molecule has 44 heavy (non-hydrogen) atoms. The number of alkyl halides is 3. The number of phenols is 1. The van der Waals surface area contributed by atoms with Crippen LogP contribution in [0.1, 0.15) is 66.6 Å². The Morgan fingerprint density at radius 3 is 2.32 bits per heavy atom. The summed E-state index contributed by atoms with van der Waals surface area (Å²) in [5, 5.41) is 44.9. The Hall–Kier alpha value is -3.42. The fourth-order valence-corrected chi connectivity index (χ4v) is 8.10. The zero-order valence-corrected chi connectivity index (χ0v) is 25.1. The number of aliphatic hydroxyl groups is 3. The number of carbonyl (C=O) groups excluding carboxylic acids is 3. The molecule has 1 aromatic carbocycles. The average Bonchev–Trinajstić information content (AvgIpc) is 3.32. The Labute approximate surface area is 252 Å². The first-order chi connectivity index (χ1) is 20.4. The van der Waals surface area contributed by atoms with Gasteiger partial charge in [-0.05, 0) is 81.3 Å². The van der Waals surface area contributed by atoms with Gasteiger partial charge in [0.05, 0.1) is 17.2 Å². The van der Waals surface area contributed by atoms with Crippen LogP contribution in [-0.2, 0) is 28.7 Å². The van der Waals surface area contributed by atoms with E-state index >= 15 is 0 Å². The van der Waals surface area contributed by atoms with Crippen LogP contribution >= 0.6 is 0 Å². The van der Waals surface area contributed by atoms with Crippen LogP contribution < -0.4 is 5.73 Å². The van der Waals surface area contributed by atoms with E-state index in [1.54, 1.807) is 0 Å². The summed E-state index contributed by atoms with van der Waals surface area (Å²) in [6, 6.07) is -0.301. The molecule has 1 fully saturated rings. The summed E-state index contributed by atoms with van der Waals surface area (Å²) in [6.07, 6.45) is -3.02. The molecule has 0 aromatic heterocycles. The second kappa shape index (κ2) is 10.6. The van der Waals surface area contributed by atoms with Crippen molar-refractivity contribution < 1.29 is 48.0 Å². The molecule has 4 aliphatic rings. The Morgan fingerprint density at radius 1 is 1.16 bits per heavy atom. The topological polar surface area (TPSA) is 165 Å². The number of halogens is 3. The van der Waals surface area contributed by atoms with Crippen molar-refractivity contribution in [3.63, 3.8) is 0 Å². The highest BCUT2D eigenvalue weighted by molar-refractivity contribution is 6.24. The number of likely N-dealkylation sites (tertiary alicyclic amines) is 1. The average molecular weight is 622 g/mol. The Bertz CT molecular complexity index is 1510. The number of allylic oxidation sites excluding steroid dienone is 1. The van der Waals surface area contributed by atoms with Crippen molar-refractivity contribution in [3.05, 3.63) is 51.0 Å². The lowest BCUT2D eigenvalue weighted by molar-refractivity contribution is -0.148. The minimum atomic E-state index is -4.89. The summed E-state index contributed by atoms with van der Waals surface area (Å²) in [7, 11) is 2.95. The summed E-state index contributed by atoms with van der Waals surface area (Å²) in [5.74, 6) is -8.94. The summed E-state index contributed by atoms with van der Waals surface area (Å²) in [6.45, 7) is 5.21. The number of hydrogen-bond acceptors (Lipinski definition) is 9. The van der Waals surface area contributed by atoms with Gasteiger partial charge in [-0.25, -0.2) is 0 Å². The molecular formula is C31H38F3N3O7. The van der Waals surface area contributed by atoms with Crippen molar-refractivity contribution in [2.24, 2.45) is 23.0 Å². The molecule has 0 unspecified atom stereocenters. The number of benzene rings is 1. The molecule has 1 aliphatic heterocycles. The number of nitrogens with two attached hydrogens (primary N) is 1. The fourth-order valence-electron chi connectivity index (χ4n) is 8.10. The number of rotatable bonds is 6. The SMILES string of the molecule is CCC1(CC)CCN(Cc2cc(O)c3c(c2C(F)(F)F)C[C@H]2C[C@H]4[C@H](N(C)C)C(O)=C(C(N)=O)C(=O)[C@@]4(O)C(O)=C2C3=O)C1. The van der Waals surface area contributed by atoms with Crippen LogP contribution in [0.25, 0.3) is 0 Å².